The molecule has 0 saturated heterocycles. The van der Waals surface area contributed by atoms with Crippen LogP contribution in [0.5, 0.6) is 0 Å². The predicted octanol–water partition coefficient (Wildman–Crippen LogP) is 5.52. The minimum atomic E-state index is -4.59. The third-order valence-electron chi connectivity index (χ3n) is 5.25. The molecule has 35 heavy (non-hydrogen) atoms. The number of hydrogen-bond acceptors (Lipinski definition) is 6. The lowest BCUT2D eigenvalue weighted by molar-refractivity contribution is -0.137. The lowest BCUT2D eigenvalue weighted by atomic mass is 10.1. The molecule has 5 rings (SSSR count). The van der Waals surface area contributed by atoms with Gasteiger partial charge in [0.2, 0.25) is 0 Å². The maximum Gasteiger partial charge on any atom is 0.416 e. The molecule has 1 aliphatic heterocycles. The number of anilines is 3. The predicted molar refractivity (Wildman–Crippen MR) is 129 cm³/mol. The van der Waals surface area contributed by atoms with Crippen LogP contribution >= 0.6 is 11.3 Å². The second-order valence-electron chi connectivity index (χ2n) is 7.55. The van der Waals surface area contributed by atoms with Crippen LogP contribution in [0, 0.1) is 0 Å². The molecule has 7 nitrogen and oxygen atoms in total. The van der Waals surface area contributed by atoms with E-state index in [-0.39, 0.29) is 16.5 Å². The zero-order chi connectivity index (χ0) is 24.8. The Morgan fingerprint density at radius 2 is 1.77 bits per heavy atom. The number of amides is 1. The summed E-state index contributed by atoms with van der Waals surface area (Å²) in [6.07, 6.45) is -3.06. The van der Waals surface area contributed by atoms with Crippen molar-refractivity contribution in [3.05, 3.63) is 83.5 Å². The topological polar surface area (TPSA) is 100 Å². The van der Waals surface area contributed by atoms with Crippen LogP contribution in [0.3, 0.4) is 0 Å². The fraction of sp³-hybridized carbons (Fsp3) is 0.0435. The number of aromatic nitrogens is 1. The summed E-state index contributed by atoms with van der Waals surface area (Å²) in [5.74, 6) is -0.280. The highest BCUT2D eigenvalue weighted by molar-refractivity contribution is 7.92. The maximum absolute atomic E-state index is 12.9. The third-order valence-corrected chi connectivity index (χ3v) is 7.51. The van der Waals surface area contributed by atoms with E-state index in [4.69, 9.17) is 0 Å². The molecule has 12 heteroatoms. The summed E-state index contributed by atoms with van der Waals surface area (Å²) in [5.41, 5.74) is 3.66. The van der Waals surface area contributed by atoms with E-state index < -0.39 is 21.8 Å². The van der Waals surface area contributed by atoms with Crippen molar-refractivity contribution in [1.29, 1.82) is 0 Å². The zero-order valence-corrected chi connectivity index (χ0v) is 19.2. The van der Waals surface area contributed by atoms with Crippen molar-refractivity contribution >= 4 is 60.1 Å². The summed E-state index contributed by atoms with van der Waals surface area (Å²) >= 11 is 1.42. The molecule has 0 saturated carbocycles. The van der Waals surface area contributed by atoms with E-state index in [2.05, 4.69) is 20.3 Å². The number of sulfonamides is 1. The fourth-order valence-electron chi connectivity index (χ4n) is 3.60. The van der Waals surface area contributed by atoms with Gasteiger partial charge in [0.25, 0.3) is 15.9 Å². The molecule has 1 aromatic heterocycles. The number of halogens is 3. The number of carbonyl (C=O) groups excluding carboxylic acids is 1. The normalized spacial score (nSPS) is 14.7. The molecule has 3 N–H and O–H groups in total. The molecule has 0 unspecified atom stereocenters. The van der Waals surface area contributed by atoms with Gasteiger partial charge in [0.1, 0.15) is 0 Å². The summed E-state index contributed by atoms with van der Waals surface area (Å²) in [6.45, 7) is 0. The van der Waals surface area contributed by atoms with Gasteiger partial charge in [-0.15, -0.1) is 11.3 Å². The molecular formula is C23H15F3N4O3S2. The van der Waals surface area contributed by atoms with Crippen molar-refractivity contribution in [2.24, 2.45) is 0 Å². The highest BCUT2D eigenvalue weighted by Gasteiger charge is 2.31. The first kappa shape index (κ1) is 22.9. The Kier molecular flexibility index (Phi) is 5.49. The van der Waals surface area contributed by atoms with Gasteiger partial charge in [0.05, 0.1) is 37.4 Å². The first-order chi connectivity index (χ1) is 16.6. The Labute approximate surface area is 201 Å². The average Bonchev–Trinajstić information content (AvgIpc) is 3.40. The van der Waals surface area contributed by atoms with E-state index in [1.54, 1.807) is 11.6 Å². The minimum absolute atomic E-state index is 0.136. The molecule has 178 valence electrons. The molecule has 4 aromatic rings. The van der Waals surface area contributed by atoms with Crippen LogP contribution in [0.15, 0.2) is 77.3 Å². The molecule has 0 bridgehead atoms. The number of rotatable bonds is 5. The van der Waals surface area contributed by atoms with Crippen LogP contribution in [-0.4, -0.2) is 19.3 Å². The minimum Gasteiger partial charge on any atom is -0.361 e. The summed E-state index contributed by atoms with van der Waals surface area (Å²) < 4.78 is 67.0. The summed E-state index contributed by atoms with van der Waals surface area (Å²) in [5, 5.41) is 5.79. The SMILES string of the molecule is O=C1Nc2ccc3ncsc3c2/C1=C/Nc1ccc(S(=O)(=O)Nc2cccc(C(F)(F)F)c2)cc1. The van der Waals surface area contributed by atoms with E-state index in [1.807, 2.05) is 6.07 Å². The molecule has 3 aromatic carbocycles. The first-order valence-corrected chi connectivity index (χ1v) is 12.4. The van der Waals surface area contributed by atoms with Crippen LogP contribution in [0.4, 0.5) is 30.2 Å². The van der Waals surface area contributed by atoms with Crippen molar-refractivity contribution < 1.29 is 26.4 Å². The molecule has 0 spiro atoms. The van der Waals surface area contributed by atoms with Gasteiger partial charge in [0, 0.05) is 23.1 Å². The maximum atomic E-state index is 12.9. The van der Waals surface area contributed by atoms with Crippen LogP contribution in [-0.2, 0) is 21.0 Å². The third kappa shape index (κ3) is 4.45. The van der Waals surface area contributed by atoms with Crippen LogP contribution in [0.2, 0.25) is 0 Å². The van der Waals surface area contributed by atoms with Crippen molar-refractivity contribution in [3.8, 4) is 0 Å². The van der Waals surface area contributed by atoms with E-state index >= 15 is 0 Å². The first-order valence-electron chi connectivity index (χ1n) is 10.1. The van der Waals surface area contributed by atoms with Gasteiger partial charge in [-0.3, -0.25) is 9.52 Å². The van der Waals surface area contributed by atoms with E-state index in [0.29, 0.717) is 16.9 Å². The largest absolute Gasteiger partial charge is 0.416 e. The molecular weight excluding hydrogens is 501 g/mol. The number of benzene rings is 3. The number of thiazole rings is 1. The summed E-state index contributed by atoms with van der Waals surface area (Å²) in [6, 6.07) is 13.1. The van der Waals surface area contributed by atoms with Crippen molar-refractivity contribution in [2.75, 3.05) is 15.4 Å². The van der Waals surface area contributed by atoms with Gasteiger partial charge in [-0.05, 0) is 54.6 Å². The van der Waals surface area contributed by atoms with E-state index in [9.17, 15) is 26.4 Å². The summed E-state index contributed by atoms with van der Waals surface area (Å²) in [4.78, 5) is 16.6. The molecule has 2 heterocycles. The quantitative estimate of drug-likeness (QED) is 0.303. The van der Waals surface area contributed by atoms with Gasteiger partial charge < -0.3 is 10.6 Å². The molecule has 0 radical (unpaired) electrons. The second kappa shape index (κ2) is 8.40. The molecule has 1 amide bonds. The van der Waals surface area contributed by atoms with Gasteiger partial charge >= 0.3 is 6.18 Å². The highest BCUT2D eigenvalue weighted by Crippen LogP contribution is 2.39. The van der Waals surface area contributed by atoms with Gasteiger partial charge in [-0.25, -0.2) is 13.4 Å². The van der Waals surface area contributed by atoms with Crippen LogP contribution < -0.4 is 15.4 Å². The fourth-order valence-corrected chi connectivity index (χ4v) is 5.50. The lowest BCUT2D eigenvalue weighted by Gasteiger charge is -2.11. The zero-order valence-electron chi connectivity index (χ0n) is 17.6. The number of alkyl halides is 3. The number of hydrogen-bond donors (Lipinski definition) is 3. The van der Waals surface area contributed by atoms with E-state index in [1.165, 1.54) is 47.9 Å². The lowest BCUT2D eigenvalue weighted by Crippen LogP contribution is -2.14. The molecule has 0 atom stereocenters. The number of fused-ring (bicyclic) bond motifs is 3. The van der Waals surface area contributed by atoms with Gasteiger partial charge in [0.15, 0.2) is 0 Å². The number of nitrogens with zero attached hydrogens (tertiary/aromatic N) is 1. The van der Waals surface area contributed by atoms with Gasteiger partial charge in [-0.1, -0.05) is 6.07 Å². The Hall–Kier alpha value is -3.90. The molecule has 1 aliphatic rings. The molecule has 0 aliphatic carbocycles. The summed E-state index contributed by atoms with van der Waals surface area (Å²) in [7, 11) is -4.12. The van der Waals surface area contributed by atoms with Crippen molar-refractivity contribution in [1.82, 2.24) is 4.98 Å². The standard InChI is InChI=1S/C23H15F3N4O3S2/c24-23(25,26)13-2-1-3-15(10-13)30-35(32,33)16-6-4-14(5-7-16)27-11-17-20-18(29-22(17)31)8-9-19-21(20)34-12-28-19/h1-12,27,30H,(H,29,31)/b17-11-. The number of carbonyl (C=O) groups is 1. The Morgan fingerprint density at radius 1 is 1.00 bits per heavy atom. The van der Waals surface area contributed by atoms with Crippen molar-refractivity contribution in [2.45, 2.75) is 11.1 Å². The highest BCUT2D eigenvalue weighted by atomic mass is 32.2. The van der Waals surface area contributed by atoms with E-state index in [0.717, 1.165) is 34.0 Å². The molecule has 0 fully saturated rings. The number of nitrogens with one attached hydrogen (secondary N) is 3. The smallest absolute Gasteiger partial charge is 0.361 e. The Balaban J connectivity index is 1.35. The van der Waals surface area contributed by atoms with Crippen molar-refractivity contribution in [3.63, 3.8) is 0 Å². The Bertz CT molecular complexity index is 1590. The van der Waals surface area contributed by atoms with Crippen LogP contribution in [0.25, 0.3) is 15.8 Å². The Morgan fingerprint density at radius 3 is 2.51 bits per heavy atom. The monoisotopic (exact) mass is 516 g/mol. The van der Waals surface area contributed by atoms with Gasteiger partial charge in [-0.2, -0.15) is 13.2 Å². The van der Waals surface area contributed by atoms with Crippen LogP contribution in [0.1, 0.15) is 11.1 Å². The second-order valence-corrected chi connectivity index (χ2v) is 10.1. The average molecular weight is 517 g/mol.